The lowest BCUT2D eigenvalue weighted by Crippen LogP contribution is -2.17. The zero-order chi connectivity index (χ0) is 108. The SMILES string of the molecule is CC(C)=Cc1cc(C(C)(C)C)c(O)c(C(C)(C)C)c1.CC(C)=Cc1cc(C(C)(C)C)cc(C(C)(C)C)c1O.CC(C)=Cc1cc(C)cc(C)c1O.CC(C)=Cc1cc(I)cc(C)c1O.CC(C)=Cc1cc([N+](=O)[O-])cc(Br)c1O.CC(C)=Cc1cc([N+](=O)[O-])cc([N+](=O)[O-])c1O.COc1cc(C=C(C)C)cc(OC)c1OC.COc1ccc(C=C(C)C)cc1OC.COc1ccc(OC)c(C=C(C)C)c1. The Morgan fingerprint density at radius 1 is 0.307 bits per heavy atom. The van der Waals surface area contributed by atoms with Crippen LogP contribution in [0.4, 0.5) is 17.1 Å². The molecule has 762 valence electrons. The topological polar surface area (TPSA) is 315 Å². The lowest BCUT2D eigenvalue weighted by atomic mass is 9.78. The molecular weight excluding hydrogens is 1950 g/mol. The molecule has 0 aliphatic heterocycles. The number of halogens is 2. The lowest BCUT2D eigenvalue weighted by molar-refractivity contribution is -0.394. The molecule has 6 N–H and O–H groups in total. The minimum absolute atomic E-state index is 0.0156. The molecule has 9 aromatic rings. The summed E-state index contributed by atoms with van der Waals surface area (Å²) in [5.41, 5.74) is 24.0. The first-order valence-corrected chi connectivity index (χ1v) is 47.4. The molecule has 0 aliphatic carbocycles. The Kier molecular flexibility index (Phi) is 51.9. The van der Waals surface area contributed by atoms with Crippen LogP contribution in [0.2, 0.25) is 0 Å². The van der Waals surface area contributed by atoms with Gasteiger partial charge in [0.1, 0.15) is 40.2 Å². The van der Waals surface area contributed by atoms with Gasteiger partial charge in [0, 0.05) is 71.8 Å². The maximum absolute atomic E-state index is 10.6. The molecule has 24 heteroatoms. The number of hydrogen-bond acceptors (Lipinski definition) is 19. The molecule has 9 rings (SSSR count). The fourth-order valence-corrected chi connectivity index (χ4v) is 14.6. The highest BCUT2D eigenvalue weighted by Crippen LogP contribution is 2.44. The standard InChI is InChI=1S/2C18H28O.C13H18O3.2C12H16O2.C12H16O.C11H13IO.C10H10BrNO3.C10H10N2O5/c1-12(2)9-13-10-14(17(3,4)5)11-15(16(13)19)18(6,7)8;1-12(2)9-13-10-14(17(3,4)5)16(19)15(11-13)18(6,7)8;1-9(2)6-10-7-11(14-3)13(16-5)12(8-10)15-4;1-9(2)7-10-8-11(13-3)5-6-12(10)14-4;1-9(2)7-10-5-6-11(13-3)12(8-10)14-4;1-8(2)5-11-7-9(3)6-10(4)12(11)13;1-7(2)4-9-6-10(12)5-8(3)11(9)13;1-6(2)3-7-4-8(12(14)15)5-9(11)10(7)13;1-6(2)3-7-4-8(11(14)15)5-9(10(7)13)12(16)17/h2*9-11,19H,1-8H3;6-8H,1-5H3;2*5-8H,1-4H3;5-7,13H,1-4H3;4-6,13H,1-3H3;3-5,13H,1-2H3;3-5,13H,1-2H3. The van der Waals surface area contributed by atoms with Crippen LogP contribution < -0.4 is 33.2 Å². The van der Waals surface area contributed by atoms with E-state index in [4.69, 9.17) is 33.2 Å². The van der Waals surface area contributed by atoms with Crippen molar-refractivity contribution in [1.82, 2.24) is 0 Å². The molecule has 0 fully saturated rings. The van der Waals surface area contributed by atoms with Crippen molar-refractivity contribution in [3.05, 3.63) is 299 Å². The van der Waals surface area contributed by atoms with Crippen molar-refractivity contribution in [3.63, 3.8) is 0 Å². The van der Waals surface area contributed by atoms with E-state index in [0.717, 1.165) is 111 Å². The highest BCUT2D eigenvalue weighted by molar-refractivity contribution is 14.1. The Morgan fingerprint density at radius 2 is 0.650 bits per heavy atom. The zero-order valence-electron chi connectivity index (χ0n) is 90.3. The lowest BCUT2D eigenvalue weighted by Gasteiger charge is -2.28. The van der Waals surface area contributed by atoms with Crippen LogP contribution in [0.5, 0.6) is 74.7 Å². The normalized spacial score (nSPS) is 10.4. The maximum atomic E-state index is 10.6. The van der Waals surface area contributed by atoms with Crippen molar-refractivity contribution < 1.29 is 78.6 Å². The Labute approximate surface area is 856 Å². The van der Waals surface area contributed by atoms with Crippen LogP contribution in [-0.4, -0.2) is 95.2 Å². The minimum Gasteiger partial charge on any atom is -0.507 e. The van der Waals surface area contributed by atoms with E-state index in [9.17, 15) is 61.0 Å². The number of non-ortho nitro benzene ring substituents is 2. The number of nitro benzene ring substituents is 3. The van der Waals surface area contributed by atoms with Crippen LogP contribution >= 0.6 is 38.5 Å². The van der Waals surface area contributed by atoms with Gasteiger partial charge in [-0.15, -0.1) is 0 Å². The predicted octanol–water partition coefficient (Wildman–Crippen LogP) is 33.5. The summed E-state index contributed by atoms with van der Waals surface area (Å²) in [6.07, 6.45) is 17.6. The molecule has 0 bridgehead atoms. The van der Waals surface area contributed by atoms with Gasteiger partial charge in [-0.05, 0) is 318 Å². The van der Waals surface area contributed by atoms with E-state index in [1.165, 1.54) is 73.9 Å². The number of aromatic hydroxyl groups is 6. The zero-order valence-corrected chi connectivity index (χ0v) is 94.1. The average molecular weight is 2100 g/mol. The second kappa shape index (κ2) is 57.9. The van der Waals surface area contributed by atoms with E-state index in [1.54, 1.807) is 69.7 Å². The highest BCUT2D eigenvalue weighted by Gasteiger charge is 2.29. The number of phenolic OH excluding ortho intramolecular Hbond substituents is 6. The number of phenols is 6. The monoisotopic (exact) mass is 2100 g/mol. The fourth-order valence-electron chi connectivity index (χ4n) is 13.4. The molecule has 0 atom stereocenters. The number of methoxy groups -OCH3 is 7. The molecule has 9 aromatic carbocycles. The number of hydrogen-bond donors (Lipinski definition) is 6. The number of nitro groups is 3. The third-order valence-corrected chi connectivity index (χ3v) is 20.9. The molecule has 0 saturated carbocycles. The van der Waals surface area contributed by atoms with Crippen LogP contribution in [0.15, 0.2) is 176 Å². The third kappa shape index (κ3) is 43.5. The summed E-state index contributed by atoms with van der Waals surface area (Å²) in [6, 6.07) is 36.3. The quantitative estimate of drug-likeness (QED) is 0.0249. The molecule has 0 heterocycles. The van der Waals surface area contributed by atoms with Crippen LogP contribution in [-0.2, 0) is 21.7 Å². The van der Waals surface area contributed by atoms with Crippen molar-refractivity contribution in [1.29, 1.82) is 0 Å². The molecule has 22 nitrogen and oxygen atoms in total. The van der Waals surface area contributed by atoms with Gasteiger partial charge in [-0.1, -0.05) is 212 Å². The molecule has 0 spiro atoms. The van der Waals surface area contributed by atoms with Gasteiger partial charge < -0.3 is 63.8 Å². The number of ether oxygens (including phenoxy) is 7. The number of benzene rings is 9. The van der Waals surface area contributed by atoms with Crippen molar-refractivity contribution >= 4 is 110 Å². The molecule has 0 aliphatic rings. The fraction of sp³-hybridized carbons (Fsp3) is 0.379. The second-order valence-electron chi connectivity index (χ2n) is 39.8. The third-order valence-electron chi connectivity index (χ3n) is 19.7. The van der Waals surface area contributed by atoms with Crippen LogP contribution in [0.1, 0.15) is 297 Å². The van der Waals surface area contributed by atoms with Crippen LogP contribution in [0, 0.1) is 54.7 Å². The highest BCUT2D eigenvalue weighted by atomic mass is 127. The molecule has 140 heavy (non-hydrogen) atoms. The molecule has 0 unspecified atom stereocenters. The molecule has 0 radical (unpaired) electrons. The average Bonchev–Trinajstić information content (AvgIpc) is 0.784. The first-order valence-electron chi connectivity index (χ1n) is 45.5. The van der Waals surface area contributed by atoms with Crippen molar-refractivity contribution in [2.75, 3.05) is 49.8 Å². The largest absolute Gasteiger partial charge is 0.507 e. The van der Waals surface area contributed by atoms with Crippen molar-refractivity contribution in [2.45, 2.75) is 250 Å². The first-order chi connectivity index (χ1) is 64.5. The molecule has 0 aromatic heterocycles. The summed E-state index contributed by atoms with van der Waals surface area (Å²) < 4.78 is 38.0. The van der Waals surface area contributed by atoms with Crippen molar-refractivity contribution in [3.8, 4) is 74.7 Å². The summed E-state index contributed by atoms with van der Waals surface area (Å²) in [5, 5.41) is 91.6. The van der Waals surface area contributed by atoms with Crippen molar-refractivity contribution in [2.24, 2.45) is 0 Å². The van der Waals surface area contributed by atoms with Gasteiger partial charge in [0.15, 0.2) is 23.0 Å². The minimum atomic E-state index is -0.856. The second-order valence-corrected chi connectivity index (χ2v) is 41.9. The first kappa shape index (κ1) is 125. The number of allylic oxidation sites excluding steroid dienone is 9. The van der Waals surface area contributed by atoms with E-state index in [0.29, 0.717) is 50.3 Å². The van der Waals surface area contributed by atoms with Gasteiger partial charge in [0.05, 0.1) is 75.1 Å². The summed E-state index contributed by atoms with van der Waals surface area (Å²) in [5.74, 6) is 6.32. The number of nitrogens with zero attached hydrogens (tertiary/aromatic N) is 3. The van der Waals surface area contributed by atoms with Gasteiger partial charge in [-0.3, -0.25) is 30.3 Å². The van der Waals surface area contributed by atoms with Gasteiger partial charge in [0.25, 0.3) is 11.4 Å². The van der Waals surface area contributed by atoms with E-state index in [1.807, 2.05) is 161 Å². The van der Waals surface area contributed by atoms with E-state index >= 15 is 0 Å². The van der Waals surface area contributed by atoms with Crippen LogP contribution in [0.3, 0.4) is 0 Å². The van der Waals surface area contributed by atoms with E-state index < -0.39 is 31.9 Å². The maximum Gasteiger partial charge on any atom is 0.318 e. The van der Waals surface area contributed by atoms with Gasteiger partial charge >= 0.3 is 5.69 Å². The van der Waals surface area contributed by atoms with E-state index in [2.05, 4.69) is 232 Å². The number of aryl methyl sites for hydroxylation is 3. The molecular formula is C116H155BrIN3O19. The summed E-state index contributed by atoms with van der Waals surface area (Å²) in [4.78, 5) is 29.7. The molecule has 0 amide bonds. The van der Waals surface area contributed by atoms with E-state index in [-0.39, 0.29) is 38.7 Å². The Balaban J connectivity index is 0.000000790. The predicted molar refractivity (Wildman–Crippen MR) is 597 cm³/mol. The Hall–Kier alpha value is -12.6. The van der Waals surface area contributed by atoms with Gasteiger partial charge in [-0.2, -0.15) is 0 Å². The smallest absolute Gasteiger partial charge is 0.318 e. The summed E-state index contributed by atoms with van der Waals surface area (Å²) in [7, 11) is 11.4. The summed E-state index contributed by atoms with van der Waals surface area (Å²) >= 11 is 5.33. The number of rotatable bonds is 19. The Morgan fingerprint density at radius 3 is 1.02 bits per heavy atom. The van der Waals surface area contributed by atoms with Gasteiger partial charge in [-0.25, -0.2) is 0 Å². The van der Waals surface area contributed by atoms with Crippen LogP contribution in [0.25, 0.3) is 54.7 Å². The Bertz CT molecular complexity index is 5860. The summed E-state index contributed by atoms with van der Waals surface area (Å²) in [6.45, 7) is 67.6. The van der Waals surface area contributed by atoms with Gasteiger partial charge in [0.2, 0.25) is 11.5 Å². The molecule has 0 saturated heterocycles.